The zero-order chi connectivity index (χ0) is 25.4. The summed E-state index contributed by atoms with van der Waals surface area (Å²) in [5.41, 5.74) is 6.93. The Kier molecular flexibility index (Phi) is 7.07. The average molecular weight is 550 g/mol. The van der Waals surface area contributed by atoms with Crippen molar-refractivity contribution >= 4 is 27.5 Å². The molecule has 0 spiro atoms. The molecule has 5 nitrogen and oxygen atoms in total. The quantitative estimate of drug-likeness (QED) is 0.397. The topological polar surface area (TPSA) is 55.8 Å². The molecule has 36 heavy (non-hydrogen) atoms. The molecular weight excluding hydrogens is 518 g/mol. The Bertz CT molecular complexity index is 1250. The number of carbonyl (C=O) groups is 2. The second-order valence-corrected chi connectivity index (χ2v) is 10.6. The number of carbonyl (C=O) groups excluding carboxylic acids is 2. The maximum absolute atomic E-state index is 13.4. The zero-order valence-electron chi connectivity index (χ0n) is 21.2. The highest BCUT2D eigenvalue weighted by Gasteiger charge is 2.43. The van der Waals surface area contributed by atoms with Gasteiger partial charge in [0.2, 0.25) is 0 Å². The molecule has 0 saturated heterocycles. The summed E-state index contributed by atoms with van der Waals surface area (Å²) in [6.07, 6.45) is 4.50. The van der Waals surface area contributed by atoms with Crippen LogP contribution < -0.4 is 9.47 Å². The number of hydrogen-bond donors (Lipinski definition) is 0. The highest BCUT2D eigenvalue weighted by atomic mass is 79.9. The van der Waals surface area contributed by atoms with Gasteiger partial charge in [0.15, 0.2) is 23.1 Å². The molecule has 0 amide bonds. The third-order valence-corrected chi connectivity index (χ3v) is 8.04. The van der Waals surface area contributed by atoms with Crippen molar-refractivity contribution in [3.05, 3.63) is 80.1 Å². The van der Waals surface area contributed by atoms with Gasteiger partial charge < -0.3 is 14.4 Å². The molecule has 188 valence electrons. The molecule has 2 aliphatic carbocycles. The Morgan fingerprint density at radius 1 is 0.972 bits per heavy atom. The Morgan fingerprint density at radius 2 is 1.64 bits per heavy atom. The summed E-state index contributed by atoms with van der Waals surface area (Å²) in [6.45, 7) is 5.34. The highest BCUT2D eigenvalue weighted by Crippen LogP contribution is 2.51. The number of hydrogen-bond acceptors (Lipinski definition) is 5. The van der Waals surface area contributed by atoms with Crippen molar-refractivity contribution < 1.29 is 19.1 Å². The standard InChI is InChI=1S/C30H32BrNO4/c1-4-32-22-10-6-12-24(33)28(22)27(29-23(32)11-7-13-25(29)34)20-15-21(31)30(26(16-20)35-3)36-17-19-9-5-8-18(2)14-19/h5,8-9,14-16,27H,4,6-7,10-13,17H2,1-3H3. The van der Waals surface area contributed by atoms with Gasteiger partial charge in [0.05, 0.1) is 11.6 Å². The molecule has 0 unspecified atom stereocenters. The average Bonchev–Trinajstić information content (AvgIpc) is 2.86. The minimum Gasteiger partial charge on any atom is -0.493 e. The fourth-order valence-electron chi connectivity index (χ4n) is 5.94. The molecule has 1 aliphatic heterocycles. The molecule has 0 N–H and O–H groups in total. The summed E-state index contributed by atoms with van der Waals surface area (Å²) < 4.78 is 12.7. The summed E-state index contributed by atoms with van der Waals surface area (Å²) >= 11 is 3.71. The van der Waals surface area contributed by atoms with Crippen LogP contribution in [0.5, 0.6) is 11.5 Å². The monoisotopic (exact) mass is 549 g/mol. The number of ketones is 2. The number of nitrogens with zero attached hydrogens (tertiary/aromatic N) is 1. The maximum atomic E-state index is 13.4. The van der Waals surface area contributed by atoms with Gasteiger partial charge >= 0.3 is 0 Å². The van der Waals surface area contributed by atoms with Crippen LogP contribution in [-0.4, -0.2) is 30.1 Å². The lowest BCUT2D eigenvalue weighted by atomic mass is 9.71. The van der Waals surface area contributed by atoms with E-state index in [9.17, 15) is 9.59 Å². The molecule has 5 rings (SSSR count). The summed E-state index contributed by atoms with van der Waals surface area (Å²) in [4.78, 5) is 29.0. The SMILES string of the molecule is CCN1C2=C(C(=O)CCC2)C(c2cc(Br)c(OCc3cccc(C)c3)c(OC)c2)C2=C1CCCC2=O. The second-order valence-electron chi connectivity index (χ2n) is 9.76. The van der Waals surface area contributed by atoms with Crippen LogP contribution in [0.2, 0.25) is 0 Å². The fourth-order valence-corrected chi connectivity index (χ4v) is 6.51. The molecule has 2 aromatic carbocycles. The molecule has 0 radical (unpaired) electrons. The Morgan fingerprint density at radius 3 is 2.22 bits per heavy atom. The van der Waals surface area contributed by atoms with Gasteiger partial charge in [-0.15, -0.1) is 0 Å². The first-order valence-corrected chi connectivity index (χ1v) is 13.6. The van der Waals surface area contributed by atoms with Crippen molar-refractivity contribution in [3.63, 3.8) is 0 Å². The number of benzene rings is 2. The van der Waals surface area contributed by atoms with Crippen molar-refractivity contribution in [2.45, 2.75) is 64.9 Å². The van der Waals surface area contributed by atoms with Gasteiger partial charge in [-0.05, 0) is 78.7 Å². The Hall–Kier alpha value is -2.86. The Balaban J connectivity index is 1.59. The van der Waals surface area contributed by atoms with Crippen LogP contribution in [0.3, 0.4) is 0 Å². The number of methoxy groups -OCH3 is 1. The largest absolute Gasteiger partial charge is 0.493 e. The van der Waals surface area contributed by atoms with E-state index in [1.807, 2.05) is 24.3 Å². The van der Waals surface area contributed by atoms with Gasteiger partial charge in [0.25, 0.3) is 0 Å². The number of allylic oxidation sites excluding steroid dienone is 4. The van der Waals surface area contributed by atoms with Crippen molar-refractivity contribution in [2.24, 2.45) is 0 Å². The van der Waals surface area contributed by atoms with Crippen LogP contribution in [0.15, 0.2) is 63.4 Å². The second kappa shape index (κ2) is 10.3. The van der Waals surface area contributed by atoms with Gasteiger partial charge in [-0.1, -0.05) is 29.8 Å². The highest BCUT2D eigenvalue weighted by molar-refractivity contribution is 9.10. The molecule has 0 atom stereocenters. The summed E-state index contributed by atoms with van der Waals surface area (Å²) in [7, 11) is 1.62. The van der Waals surface area contributed by atoms with E-state index in [1.165, 1.54) is 5.56 Å². The van der Waals surface area contributed by atoms with Crippen molar-refractivity contribution in [2.75, 3.05) is 13.7 Å². The van der Waals surface area contributed by atoms with Gasteiger partial charge in [-0.25, -0.2) is 0 Å². The number of Topliss-reactive ketones (excluding diaryl/α,β-unsaturated/α-hetero) is 2. The fraction of sp³-hybridized carbons (Fsp3) is 0.400. The molecule has 1 heterocycles. The first-order chi connectivity index (χ1) is 17.4. The molecule has 0 saturated carbocycles. The predicted molar refractivity (Wildman–Crippen MR) is 143 cm³/mol. The normalized spacial score (nSPS) is 18.4. The van der Waals surface area contributed by atoms with E-state index in [0.717, 1.165) is 70.4 Å². The first-order valence-electron chi connectivity index (χ1n) is 12.8. The van der Waals surface area contributed by atoms with E-state index in [0.29, 0.717) is 30.9 Å². The third-order valence-electron chi connectivity index (χ3n) is 7.45. The lowest BCUT2D eigenvalue weighted by Crippen LogP contribution is -2.39. The summed E-state index contributed by atoms with van der Waals surface area (Å²) in [6, 6.07) is 12.2. The smallest absolute Gasteiger partial charge is 0.175 e. The van der Waals surface area contributed by atoms with Gasteiger partial charge in [-0.3, -0.25) is 9.59 Å². The van der Waals surface area contributed by atoms with Crippen LogP contribution in [0, 0.1) is 6.92 Å². The van der Waals surface area contributed by atoms with E-state index in [4.69, 9.17) is 9.47 Å². The van der Waals surface area contributed by atoms with Crippen LogP contribution >= 0.6 is 15.9 Å². The number of ether oxygens (including phenoxy) is 2. The molecule has 3 aliphatic rings. The lowest BCUT2D eigenvalue weighted by Gasteiger charge is -2.43. The molecule has 0 aromatic heterocycles. The molecule has 2 aromatic rings. The van der Waals surface area contributed by atoms with E-state index >= 15 is 0 Å². The molecular formula is C30H32BrNO4. The van der Waals surface area contributed by atoms with Crippen LogP contribution in [0.25, 0.3) is 0 Å². The molecule has 6 heteroatoms. The minimum atomic E-state index is -0.366. The van der Waals surface area contributed by atoms with E-state index in [2.05, 4.69) is 46.8 Å². The van der Waals surface area contributed by atoms with Crippen LogP contribution in [-0.2, 0) is 16.2 Å². The van der Waals surface area contributed by atoms with Gasteiger partial charge in [0, 0.05) is 47.8 Å². The maximum Gasteiger partial charge on any atom is 0.175 e. The van der Waals surface area contributed by atoms with Crippen LogP contribution in [0.4, 0.5) is 0 Å². The van der Waals surface area contributed by atoms with Crippen molar-refractivity contribution in [1.29, 1.82) is 0 Å². The summed E-state index contributed by atoms with van der Waals surface area (Å²) in [5.74, 6) is 1.14. The molecule has 0 fully saturated rings. The third kappa shape index (κ3) is 4.40. The van der Waals surface area contributed by atoms with Crippen LogP contribution in [0.1, 0.15) is 68.1 Å². The Labute approximate surface area is 221 Å². The van der Waals surface area contributed by atoms with Crippen molar-refractivity contribution in [3.8, 4) is 11.5 Å². The van der Waals surface area contributed by atoms with E-state index in [-0.39, 0.29) is 17.5 Å². The van der Waals surface area contributed by atoms with Crippen molar-refractivity contribution in [1.82, 2.24) is 4.90 Å². The molecule has 0 bridgehead atoms. The number of aryl methyl sites for hydroxylation is 1. The zero-order valence-corrected chi connectivity index (χ0v) is 22.7. The van der Waals surface area contributed by atoms with Gasteiger partial charge in [0.1, 0.15) is 6.61 Å². The lowest BCUT2D eigenvalue weighted by molar-refractivity contribution is -0.117. The van der Waals surface area contributed by atoms with Gasteiger partial charge in [-0.2, -0.15) is 0 Å². The number of halogens is 1. The van der Waals surface area contributed by atoms with E-state index in [1.54, 1.807) is 7.11 Å². The first kappa shape index (κ1) is 24.8. The van der Waals surface area contributed by atoms with E-state index < -0.39 is 0 Å². The predicted octanol–water partition coefficient (Wildman–Crippen LogP) is 6.78. The summed E-state index contributed by atoms with van der Waals surface area (Å²) in [5, 5.41) is 0. The minimum absolute atomic E-state index is 0.152. The number of rotatable bonds is 6.